The molecular formula is C17H18FNO. The summed E-state index contributed by atoms with van der Waals surface area (Å²) in [5.41, 5.74) is 3.33. The van der Waals surface area contributed by atoms with Gasteiger partial charge < -0.3 is 5.32 Å². The Labute approximate surface area is 118 Å². The maximum atomic E-state index is 13.3. The average Bonchev–Trinajstić information content (AvgIpc) is 2.41. The Hall–Kier alpha value is -2.16. The van der Waals surface area contributed by atoms with Crippen LogP contribution in [-0.4, -0.2) is 5.91 Å². The molecular weight excluding hydrogens is 253 g/mol. The minimum absolute atomic E-state index is 0.119. The number of rotatable bonds is 3. The molecule has 0 aromatic heterocycles. The van der Waals surface area contributed by atoms with E-state index in [-0.39, 0.29) is 11.9 Å². The molecule has 0 aliphatic heterocycles. The third kappa shape index (κ3) is 3.05. The van der Waals surface area contributed by atoms with Crippen LogP contribution in [0.4, 0.5) is 4.39 Å². The van der Waals surface area contributed by atoms with Gasteiger partial charge in [0.2, 0.25) is 0 Å². The Morgan fingerprint density at radius 2 is 1.80 bits per heavy atom. The Morgan fingerprint density at radius 1 is 1.10 bits per heavy atom. The van der Waals surface area contributed by atoms with Gasteiger partial charge >= 0.3 is 0 Å². The third-order valence-corrected chi connectivity index (χ3v) is 3.45. The molecule has 1 atom stereocenters. The van der Waals surface area contributed by atoms with Gasteiger partial charge in [0.05, 0.1) is 6.04 Å². The fourth-order valence-electron chi connectivity index (χ4n) is 2.26. The van der Waals surface area contributed by atoms with E-state index in [0.717, 1.165) is 16.7 Å². The van der Waals surface area contributed by atoms with Gasteiger partial charge in [-0.3, -0.25) is 4.79 Å². The maximum absolute atomic E-state index is 13.3. The predicted molar refractivity (Wildman–Crippen MR) is 78.2 cm³/mol. The van der Waals surface area contributed by atoms with E-state index in [0.29, 0.717) is 5.56 Å². The van der Waals surface area contributed by atoms with E-state index in [1.165, 1.54) is 12.1 Å². The highest BCUT2D eigenvalue weighted by Crippen LogP contribution is 2.18. The molecule has 0 aliphatic rings. The van der Waals surface area contributed by atoms with Gasteiger partial charge in [-0.25, -0.2) is 4.39 Å². The van der Waals surface area contributed by atoms with Crippen LogP contribution in [0, 0.1) is 19.7 Å². The van der Waals surface area contributed by atoms with E-state index in [9.17, 15) is 9.18 Å². The van der Waals surface area contributed by atoms with Crippen molar-refractivity contribution >= 4 is 5.91 Å². The zero-order valence-electron chi connectivity index (χ0n) is 11.9. The van der Waals surface area contributed by atoms with Crippen molar-refractivity contribution in [1.82, 2.24) is 5.32 Å². The van der Waals surface area contributed by atoms with Crippen LogP contribution < -0.4 is 5.32 Å². The van der Waals surface area contributed by atoms with E-state index in [4.69, 9.17) is 0 Å². The molecule has 0 saturated carbocycles. The zero-order chi connectivity index (χ0) is 14.7. The second-order valence-electron chi connectivity index (χ2n) is 5.01. The Balaban J connectivity index is 2.20. The first-order valence-electron chi connectivity index (χ1n) is 6.61. The van der Waals surface area contributed by atoms with E-state index in [2.05, 4.69) is 5.32 Å². The minimum atomic E-state index is -0.399. The maximum Gasteiger partial charge on any atom is 0.252 e. The van der Waals surface area contributed by atoms with E-state index in [1.54, 1.807) is 13.0 Å². The first-order valence-corrected chi connectivity index (χ1v) is 6.61. The molecule has 2 rings (SSSR count). The van der Waals surface area contributed by atoms with Gasteiger partial charge in [0.15, 0.2) is 0 Å². The fourth-order valence-corrected chi connectivity index (χ4v) is 2.26. The summed E-state index contributed by atoms with van der Waals surface area (Å²) < 4.78 is 13.3. The number of nitrogens with one attached hydrogen (secondary N) is 1. The second-order valence-corrected chi connectivity index (χ2v) is 5.01. The van der Waals surface area contributed by atoms with Crippen LogP contribution in [0.25, 0.3) is 0 Å². The highest BCUT2D eigenvalue weighted by atomic mass is 19.1. The smallest absolute Gasteiger partial charge is 0.252 e. The molecule has 104 valence electrons. The standard InChI is InChI=1S/C17H18FNO/c1-11-6-4-5-7-15(11)13(3)19-17(20)16-10-14(18)9-8-12(16)2/h4-10,13H,1-3H3,(H,19,20). The van der Waals surface area contributed by atoms with Crippen LogP contribution in [0.5, 0.6) is 0 Å². The third-order valence-electron chi connectivity index (χ3n) is 3.45. The van der Waals surface area contributed by atoms with E-state index < -0.39 is 5.82 Å². The number of amides is 1. The number of hydrogen-bond acceptors (Lipinski definition) is 1. The summed E-state index contributed by atoms with van der Waals surface area (Å²) in [4.78, 5) is 12.2. The summed E-state index contributed by atoms with van der Waals surface area (Å²) in [6, 6.07) is 12.0. The van der Waals surface area contributed by atoms with Crippen LogP contribution in [0.2, 0.25) is 0 Å². The quantitative estimate of drug-likeness (QED) is 0.900. The molecule has 0 fully saturated rings. The topological polar surface area (TPSA) is 29.1 Å². The number of carbonyl (C=O) groups is 1. The van der Waals surface area contributed by atoms with Gasteiger partial charge in [-0.15, -0.1) is 0 Å². The molecule has 0 saturated heterocycles. The van der Waals surface area contributed by atoms with Gasteiger partial charge in [0, 0.05) is 5.56 Å². The summed E-state index contributed by atoms with van der Waals surface area (Å²) in [5, 5.41) is 2.92. The molecule has 0 radical (unpaired) electrons. The van der Waals surface area contributed by atoms with Crippen molar-refractivity contribution in [2.45, 2.75) is 26.8 Å². The summed E-state index contributed by atoms with van der Waals surface area (Å²) >= 11 is 0. The van der Waals surface area contributed by atoms with Crippen molar-refractivity contribution in [1.29, 1.82) is 0 Å². The Morgan fingerprint density at radius 3 is 2.50 bits per heavy atom. The molecule has 2 aromatic rings. The largest absolute Gasteiger partial charge is 0.345 e. The van der Waals surface area contributed by atoms with Crippen molar-refractivity contribution in [2.75, 3.05) is 0 Å². The molecule has 0 heterocycles. The number of carbonyl (C=O) groups excluding carboxylic acids is 1. The van der Waals surface area contributed by atoms with Gasteiger partial charge in [-0.1, -0.05) is 30.3 Å². The second kappa shape index (κ2) is 5.87. The monoisotopic (exact) mass is 271 g/mol. The molecule has 2 nitrogen and oxygen atoms in total. The summed E-state index contributed by atoms with van der Waals surface area (Å²) in [6.45, 7) is 5.73. The van der Waals surface area contributed by atoms with E-state index >= 15 is 0 Å². The molecule has 1 amide bonds. The lowest BCUT2D eigenvalue weighted by Gasteiger charge is -2.17. The molecule has 1 unspecified atom stereocenters. The Bertz CT molecular complexity index is 637. The number of halogens is 1. The summed E-state index contributed by atoms with van der Waals surface area (Å²) in [6.07, 6.45) is 0. The van der Waals surface area contributed by atoms with Gasteiger partial charge in [-0.2, -0.15) is 0 Å². The lowest BCUT2D eigenvalue weighted by Crippen LogP contribution is -2.27. The lowest BCUT2D eigenvalue weighted by molar-refractivity contribution is 0.0938. The molecule has 0 spiro atoms. The lowest BCUT2D eigenvalue weighted by atomic mass is 10.0. The van der Waals surface area contributed by atoms with Crippen LogP contribution in [0.1, 0.15) is 40.0 Å². The molecule has 1 N–H and O–H groups in total. The van der Waals surface area contributed by atoms with Crippen LogP contribution in [-0.2, 0) is 0 Å². The highest BCUT2D eigenvalue weighted by Gasteiger charge is 2.15. The van der Waals surface area contributed by atoms with Gasteiger partial charge in [0.25, 0.3) is 5.91 Å². The minimum Gasteiger partial charge on any atom is -0.345 e. The summed E-state index contributed by atoms with van der Waals surface area (Å²) in [7, 11) is 0. The van der Waals surface area contributed by atoms with Crippen molar-refractivity contribution in [3.8, 4) is 0 Å². The van der Waals surface area contributed by atoms with Gasteiger partial charge in [-0.05, 0) is 49.6 Å². The van der Waals surface area contributed by atoms with Crippen molar-refractivity contribution < 1.29 is 9.18 Å². The average molecular weight is 271 g/mol. The molecule has 2 aromatic carbocycles. The first kappa shape index (κ1) is 14.3. The number of benzene rings is 2. The van der Waals surface area contributed by atoms with Crippen molar-refractivity contribution in [2.24, 2.45) is 0 Å². The first-order chi connectivity index (χ1) is 9.49. The Kier molecular flexibility index (Phi) is 4.18. The zero-order valence-corrected chi connectivity index (χ0v) is 11.9. The molecule has 20 heavy (non-hydrogen) atoms. The molecule has 3 heteroatoms. The van der Waals surface area contributed by atoms with Crippen LogP contribution in [0.15, 0.2) is 42.5 Å². The van der Waals surface area contributed by atoms with Crippen molar-refractivity contribution in [3.63, 3.8) is 0 Å². The SMILES string of the molecule is Cc1ccc(F)cc1C(=O)NC(C)c1ccccc1C. The normalized spacial score (nSPS) is 12.0. The summed E-state index contributed by atoms with van der Waals surface area (Å²) in [5.74, 6) is -0.651. The highest BCUT2D eigenvalue weighted by molar-refractivity contribution is 5.95. The van der Waals surface area contributed by atoms with E-state index in [1.807, 2.05) is 38.1 Å². The fraction of sp³-hybridized carbons (Fsp3) is 0.235. The van der Waals surface area contributed by atoms with Crippen LogP contribution >= 0.6 is 0 Å². The number of aryl methyl sites for hydroxylation is 2. The van der Waals surface area contributed by atoms with Gasteiger partial charge in [0.1, 0.15) is 5.82 Å². The molecule has 0 aliphatic carbocycles. The number of hydrogen-bond donors (Lipinski definition) is 1. The molecule has 0 bridgehead atoms. The predicted octanol–water partition coefficient (Wildman–Crippen LogP) is 3.93. The van der Waals surface area contributed by atoms with Crippen LogP contribution in [0.3, 0.4) is 0 Å². The van der Waals surface area contributed by atoms with Crippen molar-refractivity contribution in [3.05, 3.63) is 70.5 Å².